The van der Waals surface area contributed by atoms with Crippen molar-refractivity contribution in [3.8, 4) is 12.3 Å². The van der Waals surface area contributed by atoms with Gasteiger partial charge in [-0.05, 0) is 89.1 Å². The van der Waals surface area contributed by atoms with E-state index in [2.05, 4.69) is 37.5 Å². The van der Waals surface area contributed by atoms with Gasteiger partial charge in [0.05, 0.1) is 37.2 Å². The molecule has 19 heteroatoms. The summed E-state index contributed by atoms with van der Waals surface area (Å²) in [6, 6.07) is 4.31. The Morgan fingerprint density at radius 3 is 2.30 bits per heavy atom. The number of unbranched alkanes of at least 4 members (excludes halogenated alkanes) is 1. The summed E-state index contributed by atoms with van der Waals surface area (Å²) in [5.74, 6) is -1.55. The van der Waals surface area contributed by atoms with E-state index in [0.717, 1.165) is 36.3 Å². The van der Waals surface area contributed by atoms with E-state index in [1.807, 2.05) is 53.5 Å². The van der Waals surface area contributed by atoms with Gasteiger partial charge in [-0.25, -0.2) is 10.0 Å². The molecule has 2 heterocycles. The Hall–Kier alpha value is -5.42. The average molecular weight is 981 g/mol. The molecule has 2 aromatic rings. The number of amides is 5. The van der Waals surface area contributed by atoms with Crippen LogP contribution in [0.1, 0.15) is 141 Å². The average Bonchev–Trinajstić information content (AvgIpc) is 3.79. The molecule has 5 amide bonds. The number of nitrogens with one attached hydrogen (secondary N) is 5. The van der Waals surface area contributed by atoms with Gasteiger partial charge in [-0.15, -0.1) is 23.7 Å². The molecule has 18 nitrogen and oxygen atoms in total. The summed E-state index contributed by atoms with van der Waals surface area (Å²) in [5, 5.41) is 27.5. The van der Waals surface area contributed by atoms with Crippen molar-refractivity contribution in [3.05, 3.63) is 45.9 Å². The Labute approximate surface area is 412 Å². The lowest BCUT2D eigenvalue weighted by Gasteiger charge is -2.39. The molecule has 1 fully saturated rings. The third-order valence-electron chi connectivity index (χ3n) is 12.1. The molecule has 0 radical (unpaired) electrons. The Balaban J connectivity index is 1.87. The predicted octanol–water partition coefficient (Wildman–Crippen LogP) is 5.25. The van der Waals surface area contributed by atoms with Crippen LogP contribution in [0.2, 0.25) is 0 Å². The van der Waals surface area contributed by atoms with Gasteiger partial charge in [-0.3, -0.25) is 43.3 Å². The van der Waals surface area contributed by atoms with Crippen LogP contribution < -0.4 is 26.6 Å². The highest BCUT2D eigenvalue weighted by molar-refractivity contribution is 7.09. The number of carboxylic acid groups (broad SMARTS) is 1. The van der Waals surface area contributed by atoms with Crippen LogP contribution in [0, 0.1) is 29.6 Å². The molecule has 1 saturated heterocycles. The first kappa shape index (κ1) is 57.9. The van der Waals surface area contributed by atoms with E-state index in [1.54, 1.807) is 38.1 Å². The van der Waals surface area contributed by atoms with E-state index in [9.17, 15) is 38.7 Å². The Morgan fingerprint density at radius 1 is 1.01 bits per heavy atom. The number of thiazole rings is 1. The van der Waals surface area contributed by atoms with Gasteiger partial charge in [0, 0.05) is 42.9 Å². The molecule has 0 spiro atoms. The third kappa shape index (κ3) is 19.1. The number of hydrogen-bond acceptors (Lipinski definition) is 13. The van der Waals surface area contributed by atoms with Crippen molar-refractivity contribution >= 4 is 58.5 Å². The first-order chi connectivity index (χ1) is 32.6. The van der Waals surface area contributed by atoms with E-state index in [0.29, 0.717) is 36.4 Å². The van der Waals surface area contributed by atoms with E-state index in [1.165, 1.54) is 17.4 Å². The van der Waals surface area contributed by atoms with Gasteiger partial charge >= 0.3 is 11.9 Å². The van der Waals surface area contributed by atoms with Gasteiger partial charge in [-0.1, -0.05) is 66.5 Å². The summed E-state index contributed by atoms with van der Waals surface area (Å²) in [4.78, 5) is 105. The highest BCUT2D eigenvalue weighted by atomic mass is 32.1. The number of carboxylic acids is 1. The SMILES string of the molecule is C#CCCCON(C(=O)[C@@H](NC(=O)[C@H]1CCCCN1C)[C@@H](C)CC)[C@H](C[C@@H](OC(C)=O)c1nc(C(=O)N[C@@H](Cc2ccc(NC(=O)CNC(=O)CNC(C)C)cc2)CC(C)(C)C(=O)O)cs1)C(C)C. The number of terminal acetylenes is 1. The van der Waals surface area contributed by atoms with Crippen molar-refractivity contribution in [1.82, 2.24) is 36.2 Å². The summed E-state index contributed by atoms with van der Waals surface area (Å²) >= 11 is 1.10. The predicted molar refractivity (Wildman–Crippen MR) is 265 cm³/mol. The number of anilines is 1. The largest absolute Gasteiger partial charge is 0.481 e. The minimum absolute atomic E-state index is 0.0159. The van der Waals surface area contributed by atoms with Gasteiger partial charge < -0.3 is 36.4 Å². The summed E-state index contributed by atoms with van der Waals surface area (Å²) < 4.78 is 5.86. The summed E-state index contributed by atoms with van der Waals surface area (Å²) in [7, 11) is 1.91. The fourth-order valence-electron chi connectivity index (χ4n) is 7.82. The molecule has 0 aliphatic carbocycles. The quantitative estimate of drug-likeness (QED) is 0.0277. The van der Waals surface area contributed by atoms with Crippen molar-refractivity contribution in [2.45, 2.75) is 156 Å². The van der Waals surface area contributed by atoms with Gasteiger partial charge in [-0.2, -0.15) is 0 Å². The zero-order valence-electron chi connectivity index (χ0n) is 42.1. The van der Waals surface area contributed by atoms with E-state index in [4.69, 9.17) is 16.0 Å². The molecule has 1 aliphatic heterocycles. The number of rotatable bonds is 28. The molecule has 1 aromatic carbocycles. The van der Waals surface area contributed by atoms with Crippen LogP contribution in [0.4, 0.5) is 5.69 Å². The van der Waals surface area contributed by atoms with Crippen LogP contribution >= 0.6 is 11.3 Å². The van der Waals surface area contributed by atoms with E-state index >= 15 is 0 Å². The lowest BCUT2D eigenvalue weighted by molar-refractivity contribution is -0.213. The van der Waals surface area contributed by atoms with E-state index in [-0.39, 0.29) is 80.4 Å². The topological polar surface area (TPSA) is 238 Å². The molecule has 69 heavy (non-hydrogen) atoms. The highest BCUT2D eigenvalue weighted by Gasteiger charge is 2.40. The number of aliphatic carboxylic acids is 1. The number of likely N-dealkylation sites (N-methyl/N-ethyl adjacent to an activating group) is 1. The highest BCUT2D eigenvalue weighted by Crippen LogP contribution is 2.32. The Bertz CT molecular complexity index is 2070. The summed E-state index contributed by atoms with van der Waals surface area (Å²) in [6.07, 6.45) is 8.90. The Morgan fingerprint density at radius 2 is 1.71 bits per heavy atom. The summed E-state index contributed by atoms with van der Waals surface area (Å²) in [5.41, 5.74) is 0.0188. The molecular formula is C50H76N8O10S. The van der Waals surface area contributed by atoms with Crippen molar-refractivity contribution in [1.29, 1.82) is 0 Å². The zero-order chi connectivity index (χ0) is 51.4. The number of hydrogen-bond donors (Lipinski definition) is 6. The molecule has 1 aliphatic rings. The standard InChI is InChI=1S/C50H76N8O10S/c1-12-14-17-24-67-58(48(64)44(33(7)13-2)56-46(63)39-18-15-16-23-57(39)11)40(31(3)4)26-41(68-34(8)59)47-55-38(30-69-47)45(62)54-37(27-50(9,10)49(65)66)25-35-19-21-36(22-20-35)53-43(61)29-52-42(60)28-51-32(5)6/h1,19-22,30-33,37,39-41,44,51H,13-18,23-29H2,2-11H3,(H,52,60)(H,53,61)(H,54,62)(H,56,63)(H,65,66)/t33-,37-,39+,40+,41+,44-/m0/s1. The van der Waals surface area contributed by atoms with Crippen LogP contribution in [-0.4, -0.2) is 125 Å². The molecule has 6 N–H and O–H groups in total. The number of piperidine rings is 1. The number of esters is 1. The molecule has 382 valence electrons. The number of ether oxygens (including phenoxy) is 1. The fraction of sp³-hybridized carbons (Fsp3) is 0.640. The fourth-order valence-corrected chi connectivity index (χ4v) is 8.66. The van der Waals surface area contributed by atoms with Gasteiger partial charge in [0.25, 0.3) is 11.8 Å². The lowest BCUT2D eigenvalue weighted by Crippen LogP contribution is -2.58. The van der Waals surface area contributed by atoms with Crippen LogP contribution in [-0.2, 0) is 44.8 Å². The van der Waals surface area contributed by atoms with Crippen LogP contribution in [0.15, 0.2) is 29.6 Å². The maximum atomic E-state index is 14.8. The number of carbonyl (C=O) groups excluding carboxylic acids is 6. The monoisotopic (exact) mass is 981 g/mol. The Kier molecular flexibility index (Phi) is 23.7. The second kappa shape index (κ2) is 28.3. The van der Waals surface area contributed by atoms with Crippen molar-refractivity contribution in [3.63, 3.8) is 0 Å². The van der Waals surface area contributed by atoms with Gasteiger partial charge in [0.2, 0.25) is 17.7 Å². The number of hydroxylamine groups is 2. The van der Waals surface area contributed by atoms with Crippen molar-refractivity contribution in [2.75, 3.05) is 38.6 Å². The molecule has 6 atom stereocenters. The third-order valence-corrected chi connectivity index (χ3v) is 13.1. The molecular weight excluding hydrogens is 905 g/mol. The van der Waals surface area contributed by atoms with Gasteiger partial charge in [0.1, 0.15) is 16.7 Å². The lowest BCUT2D eigenvalue weighted by atomic mass is 9.84. The minimum Gasteiger partial charge on any atom is -0.481 e. The molecule has 0 unspecified atom stereocenters. The second-order valence-electron chi connectivity index (χ2n) is 19.2. The van der Waals surface area contributed by atoms with Crippen LogP contribution in [0.5, 0.6) is 0 Å². The van der Waals surface area contributed by atoms with Crippen LogP contribution in [0.3, 0.4) is 0 Å². The number of aromatic nitrogens is 1. The van der Waals surface area contributed by atoms with Gasteiger partial charge in [0.15, 0.2) is 6.10 Å². The number of nitrogens with zero attached hydrogens (tertiary/aromatic N) is 3. The minimum atomic E-state index is -1.23. The number of benzene rings is 1. The first-order valence-corrected chi connectivity index (χ1v) is 24.9. The number of likely N-dealkylation sites (tertiary alicyclic amines) is 1. The second-order valence-corrected chi connectivity index (χ2v) is 20.1. The molecule has 1 aromatic heterocycles. The van der Waals surface area contributed by atoms with Crippen molar-refractivity contribution < 1.29 is 48.2 Å². The number of carbonyl (C=O) groups is 7. The summed E-state index contributed by atoms with van der Waals surface area (Å²) in [6.45, 7) is 16.7. The maximum absolute atomic E-state index is 14.8. The smallest absolute Gasteiger partial charge is 0.309 e. The van der Waals surface area contributed by atoms with Crippen molar-refractivity contribution in [2.24, 2.45) is 17.3 Å². The maximum Gasteiger partial charge on any atom is 0.309 e. The molecule has 3 rings (SSSR count). The van der Waals surface area contributed by atoms with Crippen LogP contribution in [0.25, 0.3) is 0 Å². The normalized spacial score (nSPS) is 16.3. The zero-order valence-corrected chi connectivity index (χ0v) is 43.0. The molecule has 0 bridgehead atoms. The first-order valence-electron chi connectivity index (χ1n) is 24.0. The van der Waals surface area contributed by atoms with E-state index < -0.39 is 59.3 Å². The molecule has 0 saturated carbocycles.